The van der Waals surface area contributed by atoms with Crippen LogP contribution in [0.1, 0.15) is 11.1 Å². The largest absolute Gasteiger partial charge is 0.325 e. The molecule has 0 spiro atoms. The number of halogens is 1. The number of carbonyl (C=O) groups excluding carboxylic acids is 1. The van der Waals surface area contributed by atoms with Gasteiger partial charge in [0.05, 0.1) is 18.7 Å². The van der Waals surface area contributed by atoms with Gasteiger partial charge in [-0.3, -0.25) is 4.79 Å². The lowest BCUT2D eigenvalue weighted by Gasteiger charge is -2.08. The van der Waals surface area contributed by atoms with Gasteiger partial charge >= 0.3 is 0 Å². The summed E-state index contributed by atoms with van der Waals surface area (Å²) in [5, 5.41) is 3.39. The Morgan fingerprint density at radius 3 is 2.67 bits per heavy atom. The first-order valence-corrected chi connectivity index (χ1v) is 6.89. The lowest BCUT2D eigenvalue weighted by atomic mass is 10.1. The van der Waals surface area contributed by atoms with Crippen molar-refractivity contribution in [2.75, 3.05) is 11.9 Å². The quantitative estimate of drug-likeness (QED) is 0.856. The molecule has 3 nitrogen and oxygen atoms in total. The molecule has 0 saturated heterocycles. The topological polar surface area (TPSA) is 55.1 Å². The highest BCUT2D eigenvalue weighted by Gasteiger charge is 2.07. The van der Waals surface area contributed by atoms with Crippen molar-refractivity contribution in [3.05, 3.63) is 64.7 Å². The highest BCUT2D eigenvalue weighted by atomic mass is 35.5. The van der Waals surface area contributed by atoms with Gasteiger partial charge in [0.1, 0.15) is 0 Å². The molecule has 0 aliphatic carbocycles. The molecule has 0 heterocycles. The third-order valence-electron chi connectivity index (χ3n) is 2.79. The Hall–Kier alpha value is -2.28. The lowest BCUT2D eigenvalue weighted by Crippen LogP contribution is -2.15. The van der Waals surface area contributed by atoms with Crippen LogP contribution < -0.4 is 11.1 Å². The summed E-state index contributed by atoms with van der Waals surface area (Å²) in [5.41, 5.74) is 7.62. The molecule has 0 aliphatic heterocycles. The molecule has 0 radical (unpaired) electrons. The Labute approximate surface area is 129 Å². The van der Waals surface area contributed by atoms with Crippen molar-refractivity contribution in [3.8, 4) is 11.8 Å². The minimum absolute atomic E-state index is 0.112. The SMILES string of the molecule is NCC#Cc1ccc(Cl)cc1NC(=O)Cc1ccccc1. The van der Waals surface area contributed by atoms with Crippen LogP contribution >= 0.6 is 11.6 Å². The summed E-state index contributed by atoms with van der Waals surface area (Å²) in [6, 6.07) is 14.7. The molecule has 0 aliphatic rings. The van der Waals surface area contributed by atoms with Crippen LogP contribution in [0.5, 0.6) is 0 Å². The summed E-state index contributed by atoms with van der Waals surface area (Å²) < 4.78 is 0. The van der Waals surface area contributed by atoms with E-state index in [1.807, 2.05) is 30.3 Å². The first kappa shape index (κ1) is 15.1. The lowest BCUT2D eigenvalue weighted by molar-refractivity contribution is -0.115. The second-order valence-corrected chi connectivity index (χ2v) is 4.84. The van der Waals surface area contributed by atoms with E-state index in [9.17, 15) is 4.79 Å². The van der Waals surface area contributed by atoms with Crippen LogP contribution in [0, 0.1) is 11.8 Å². The predicted molar refractivity (Wildman–Crippen MR) is 86.2 cm³/mol. The first-order valence-electron chi connectivity index (χ1n) is 6.51. The van der Waals surface area contributed by atoms with Crippen LogP contribution in [0.3, 0.4) is 0 Å². The van der Waals surface area contributed by atoms with Gasteiger partial charge in [0.2, 0.25) is 5.91 Å². The molecule has 2 aromatic rings. The monoisotopic (exact) mass is 298 g/mol. The molecule has 2 rings (SSSR count). The van der Waals surface area contributed by atoms with Crippen LogP contribution in [-0.2, 0) is 11.2 Å². The number of nitrogens with one attached hydrogen (secondary N) is 1. The van der Waals surface area contributed by atoms with Crippen molar-refractivity contribution < 1.29 is 4.79 Å². The third kappa shape index (κ3) is 4.64. The van der Waals surface area contributed by atoms with E-state index in [1.165, 1.54) is 0 Å². The minimum atomic E-state index is -0.112. The summed E-state index contributed by atoms with van der Waals surface area (Å²) >= 11 is 5.97. The van der Waals surface area contributed by atoms with E-state index in [-0.39, 0.29) is 12.5 Å². The molecule has 21 heavy (non-hydrogen) atoms. The van der Waals surface area contributed by atoms with Gasteiger partial charge in [-0.15, -0.1) is 0 Å². The highest BCUT2D eigenvalue weighted by Crippen LogP contribution is 2.20. The molecule has 0 unspecified atom stereocenters. The summed E-state index contributed by atoms with van der Waals surface area (Å²) in [5.74, 6) is 5.58. The van der Waals surface area contributed by atoms with Gasteiger partial charge in [-0.05, 0) is 23.8 Å². The third-order valence-corrected chi connectivity index (χ3v) is 3.02. The molecule has 0 saturated carbocycles. The van der Waals surface area contributed by atoms with E-state index in [0.717, 1.165) is 5.56 Å². The van der Waals surface area contributed by atoms with Crippen LogP contribution in [0.2, 0.25) is 5.02 Å². The maximum atomic E-state index is 12.1. The van der Waals surface area contributed by atoms with E-state index in [2.05, 4.69) is 17.2 Å². The maximum absolute atomic E-state index is 12.1. The average molecular weight is 299 g/mol. The summed E-state index contributed by atoms with van der Waals surface area (Å²) in [6.45, 7) is 0.264. The standard InChI is InChI=1S/C17H15ClN2O/c18-15-9-8-14(7-4-10-19)16(12-15)20-17(21)11-13-5-2-1-3-6-13/h1-3,5-6,8-9,12H,10-11,19H2,(H,20,21). The van der Waals surface area contributed by atoms with Crippen molar-refractivity contribution in [1.29, 1.82) is 0 Å². The summed E-state index contributed by atoms with van der Waals surface area (Å²) in [6.07, 6.45) is 0.303. The molecule has 0 aromatic heterocycles. The maximum Gasteiger partial charge on any atom is 0.228 e. The molecule has 0 fully saturated rings. The van der Waals surface area contributed by atoms with Crippen molar-refractivity contribution in [2.24, 2.45) is 5.73 Å². The molecular formula is C17H15ClN2O. The fraction of sp³-hybridized carbons (Fsp3) is 0.118. The Bertz CT molecular complexity index is 687. The number of hydrogen-bond donors (Lipinski definition) is 2. The van der Waals surface area contributed by atoms with Gasteiger partial charge in [-0.25, -0.2) is 0 Å². The zero-order valence-corrected chi connectivity index (χ0v) is 12.2. The number of benzene rings is 2. The fourth-order valence-electron chi connectivity index (χ4n) is 1.85. The van der Waals surface area contributed by atoms with Crippen LogP contribution in [0.15, 0.2) is 48.5 Å². The second kappa shape index (κ2) is 7.49. The molecular weight excluding hydrogens is 284 g/mol. The van der Waals surface area contributed by atoms with Crippen LogP contribution in [0.25, 0.3) is 0 Å². The average Bonchev–Trinajstić information content (AvgIpc) is 2.47. The molecule has 0 bridgehead atoms. The Kier molecular flexibility index (Phi) is 5.39. The van der Waals surface area contributed by atoms with Gasteiger partial charge in [-0.2, -0.15) is 0 Å². The Morgan fingerprint density at radius 1 is 1.19 bits per heavy atom. The van der Waals surface area contributed by atoms with Crippen molar-refractivity contribution in [3.63, 3.8) is 0 Å². The highest BCUT2D eigenvalue weighted by molar-refractivity contribution is 6.31. The van der Waals surface area contributed by atoms with E-state index >= 15 is 0 Å². The van der Waals surface area contributed by atoms with Crippen molar-refractivity contribution in [2.45, 2.75) is 6.42 Å². The summed E-state index contributed by atoms with van der Waals surface area (Å²) in [4.78, 5) is 12.1. The van der Waals surface area contributed by atoms with Gasteiger partial charge in [-0.1, -0.05) is 53.8 Å². The Morgan fingerprint density at radius 2 is 1.95 bits per heavy atom. The van der Waals surface area contributed by atoms with E-state index in [4.69, 9.17) is 17.3 Å². The number of anilines is 1. The number of amides is 1. The van der Waals surface area contributed by atoms with Crippen molar-refractivity contribution >= 4 is 23.2 Å². The summed E-state index contributed by atoms with van der Waals surface area (Å²) in [7, 11) is 0. The minimum Gasteiger partial charge on any atom is -0.325 e. The molecule has 1 amide bonds. The van der Waals surface area contributed by atoms with Gasteiger partial charge < -0.3 is 11.1 Å². The number of hydrogen-bond acceptors (Lipinski definition) is 2. The number of rotatable bonds is 3. The smallest absolute Gasteiger partial charge is 0.228 e. The second-order valence-electron chi connectivity index (χ2n) is 4.41. The van der Waals surface area contributed by atoms with Crippen LogP contribution in [-0.4, -0.2) is 12.5 Å². The van der Waals surface area contributed by atoms with Crippen molar-refractivity contribution in [1.82, 2.24) is 0 Å². The number of carbonyl (C=O) groups is 1. The fourth-order valence-corrected chi connectivity index (χ4v) is 2.02. The zero-order valence-electron chi connectivity index (χ0n) is 11.4. The van der Waals surface area contributed by atoms with E-state index < -0.39 is 0 Å². The van der Waals surface area contributed by atoms with Gasteiger partial charge in [0, 0.05) is 10.6 Å². The molecule has 4 heteroatoms. The first-order chi connectivity index (χ1) is 10.2. The molecule has 0 atom stereocenters. The van der Waals surface area contributed by atoms with Gasteiger partial charge in [0.25, 0.3) is 0 Å². The normalized spacial score (nSPS) is 9.62. The molecule has 2 aromatic carbocycles. The van der Waals surface area contributed by atoms with Gasteiger partial charge in [0.15, 0.2) is 0 Å². The van der Waals surface area contributed by atoms with Crippen LogP contribution in [0.4, 0.5) is 5.69 Å². The zero-order chi connectivity index (χ0) is 15.1. The molecule has 106 valence electrons. The predicted octanol–water partition coefficient (Wildman–Crippen LogP) is 2.83. The van der Waals surface area contributed by atoms with E-state index in [1.54, 1.807) is 18.2 Å². The Balaban J connectivity index is 2.14. The van der Waals surface area contributed by atoms with E-state index in [0.29, 0.717) is 22.7 Å². The number of nitrogens with two attached hydrogens (primary N) is 1. The molecule has 3 N–H and O–H groups in total.